The lowest BCUT2D eigenvalue weighted by molar-refractivity contribution is 0.0501. The number of benzene rings is 2. The molecule has 5 rings (SSSR count). The van der Waals surface area contributed by atoms with Crippen LogP contribution in [0.5, 0.6) is 11.5 Å². The number of ether oxygens (including phenoxy) is 2. The van der Waals surface area contributed by atoms with Crippen molar-refractivity contribution in [2.45, 2.75) is 51.9 Å². The van der Waals surface area contributed by atoms with Crippen molar-refractivity contribution >= 4 is 5.91 Å². The third kappa shape index (κ3) is 7.11. The van der Waals surface area contributed by atoms with E-state index >= 15 is 0 Å². The SMILES string of the molecule is CC(C)(CO)CN1CCC(Oc2ccc3c(c2)OCCN(CC(O)CN2CCc4ccccc4C2)C3=O)CC1. The van der Waals surface area contributed by atoms with Crippen LogP contribution in [0.1, 0.15) is 48.2 Å². The molecule has 1 unspecified atom stereocenters. The minimum absolute atomic E-state index is 0.0989. The van der Waals surface area contributed by atoms with Crippen LogP contribution in [0.3, 0.4) is 0 Å². The molecule has 2 aromatic rings. The van der Waals surface area contributed by atoms with Gasteiger partial charge in [-0.3, -0.25) is 9.69 Å². The van der Waals surface area contributed by atoms with E-state index in [1.807, 2.05) is 12.1 Å². The zero-order chi connectivity index (χ0) is 27.4. The Labute approximate surface area is 232 Å². The first-order valence-electron chi connectivity index (χ1n) is 14.3. The van der Waals surface area contributed by atoms with E-state index in [2.05, 4.69) is 47.9 Å². The summed E-state index contributed by atoms with van der Waals surface area (Å²) >= 11 is 0. The lowest BCUT2D eigenvalue weighted by atomic mass is 9.93. The molecule has 0 bridgehead atoms. The molecule has 8 heteroatoms. The molecule has 1 fully saturated rings. The lowest BCUT2D eigenvalue weighted by Crippen LogP contribution is -2.44. The number of nitrogens with zero attached hydrogens (tertiary/aromatic N) is 3. The van der Waals surface area contributed by atoms with E-state index in [1.165, 1.54) is 11.1 Å². The third-order valence-corrected chi connectivity index (χ3v) is 8.12. The molecule has 0 radical (unpaired) electrons. The second-order valence-corrected chi connectivity index (χ2v) is 12.1. The minimum atomic E-state index is -0.628. The zero-order valence-electron chi connectivity index (χ0n) is 23.3. The Balaban J connectivity index is 1.13. The summed E-state index contributed by atoms with van der Waals surface area (Å²) in [4.78, 5) is 19.7. The van der Waals surface area contributed by atoms with Crippen molar-refractivity contribution in [3.05, 3.63) is 59.2 Å². The lowest BCUT2D eigenvalue weighted by Gasteiger charge is -2.36. The number of piperidine rings is 1. The molecule has 2 aromatic carbocycles. The monoisotopic (exact) mass is 537 g/mol. The number of aliphatic hydroxyl groups excluding tert-OH is 2. The third-order valence-electron chi connectivity index (χ3n) is 8.12. The van der Waals surface area contributed by atoms with Crippen molar-refractivity contribution in [2.75, 3.05) is 59.0 Å². The summed E-state index contributed by atoms with van der Waals surface area (Å²) in [5.74, 6) is 1.15. The highest BCUT2D eigenvalue weighted by Gasteiger charge is 2.29. The summed E-state index contributed by atoms with van der Waals surface area (Å²) in [6.45, 7) is 10.5. The van der Waals surface area contributed by atoms with Gasteiger partial charge in [0.05, 0.1) is 18.2 Å². The van der Waals surface area contributed by atoms with Crippen LogP contribution < -0.4 is 9.47 Å². The van der Waals surface area contributed by atoms with Gasteiger partial charge < -0.3 is 29.5 Å². The van der Waals surface area contributed by atoms with Crippen LogP contribution in [0, 0.1) is 5.41 Å². The van der Waals surface area contributed by atoms with Gasteiger partial charge in [-0.1, -0.05) is 38.1 Å². The first-order valence-corrected chi connectivity index (χ1v) is 14.3. The number of β-amino-alcohol motifs (C(OH)–C–C–N with tert-alkyl or cyclic N) is 1. The van der Waals surface area contributed by atoms with Gasteiger partial charge in [-0.2, -0.15) is 0 Å². The summed E-state index contributed by atoms with van der Waals surface area (Å²) < 4.78 is 12.2. The highest BCUT2D eigenvalue weighted by atomic mass is 16.5. The molecule has 212 valence electrons. The number of amides is 1. The molecule has 3 aliphatic rings. The van der Waals surface area contributed by atoms with Gasteiger partial charge in [0.15, 0.2) is 0 Å². The van der Waals surface area contributed by atoms with Gasteiger partial charge in [0.25, 0.3) is 5.91 Å². The molecular formula is C31H43N3O5. The van der Waals surface area contributed by atoms with E-state index in [1.54, 1.807) is 11.0 Å². The van der Waals surface area contributed by atoms with E-state index in [9.17, 15) is 15.0 Å². The molecule has 3 heterocycles. The maximum atomic E-state index is 13.4. The highest BCUT2D eigenvalue weighted by Crippen LogP contribution is 2.30. The van der Waals surface area contributed by atoms with Crippen LogP contribution in [-0.4, -0.2) is 102 Å². The Hall–Kier alpha value is -2.65. The summed E-state index contributed by atoms with van der Waals surface area (Å²) in [7, 11) is 0. The normalized spacial score (nSPS) is 20.1. The Kier molecular flexibility index (Phi) is 8.76. The quantitative estimate of drug-likeness (QED) is 0.509. The Morgan fingerprint density at radius 1 is 1.03 bits per heavy atom. The molecule has 0 spiro atoms. The fourth-order valence-corrected chi connectivity index (χ4v) is 5.94. The largest absolute Gasteiger partial charge is 0.491 e. The van der Waals surface area contributed by atoms with E-state index in [0.29, 0.717) is 31.0 Å². The molecule has 1 atom stereocenters. The van der Waals surface area contributed by atoms with Gasteiger partial charge in [0.1, 0.15) is 24.2 Å². The fourth-order valence-electron chi connectivity index (χ4n) is 5.94. The van der Waals surface area contributed by atoms with Gasteiger partial charge in [0, 0.05) is 63.9 Å². The number of hydrogen-bond donors (Lipinski definition) is 2. The standard InChI is InChI=1S/C31H43N3O5/c1-31(2,22-35)21-32-13-10-26(11-14-32)39-27-7-8-28-29(17-27)38-16-15-34(30(28)37)20-25(36)19-33-12-9-23-5-3-4-6-24(23)18-33/h3-8,17,25-26,35-36H,9-16,18-22H2,1-2H3. The van der Waals surface area contributed by atoms with Gasteiger partial charge in [-0.25, -0.2) is 0 Å². The molecule has 0 aromatic heterocycles. The van der Waals surface area contributed by atoms with E-state index in [-0.39, 0.29) is 30.6 Å². The molecule has 1 amide bonds. The molecule has 8 nitrogen and oxygen atoms in total. The second kappa shape index (κ2) is 12.3. The number of aliphatic hydroxyl groups is 2. The summed E-state index contributed by atoms with van der Waals surface area (Å²) in [6, 6.07) is 13.9. The van der Waals surface area contributed by atoms with Crippen molar-refractivity contribution < 1.29 is 24.5 Å². The number of likely N-dealkylation sites (tertiary alicyclic amines) is 1. The van der Waals surface area contributed by atoms with Gasteiger partial charge >= 0.3 is 0 Å². The van der Waals surface area contributed by atoms with Crippen molar-refractivity contribution in [1.29, 1.82) is 0 Å². The maximum absolute atomic E-state index is 13.4. The average Bonchev–Trinajstić information content (AvgIpc) is 3.07. The number of rotatable bonds is 9. The topological polar surface area (TPSA) is 85.7 Å². The number of carbonyl (C=O) groups excluding carboxylic acids is 1. The van der Waals surface area contributed by atoms with E-state index in [4.69, 9.17) is 9.47 Å². The number of fused-ring (bicyclic) bond motifs is 2. The molecule has 39 heavy (non-hydrogen) atoms. The number of carbonyl (C=O) groups is 1. The van der Waals surface area contributed by atoms with Crippen LogP contribution in [0.2, 0.25) is 0 Å². The van der Waals surface area contributed by atoms with E-state index < -0.39 is 6.10 Å². The highest BCUT2D eigenvalue weighted by molar-refractivity contribution is 5.97. The molecule has 3 aliphatic heterocycles. The average molecular weight is 538 g/mol. The van der Waals surface area contributed by atoms with Crippen LogP contribution in [0.25, 0.3) is 0 Å². The maximum Gasteiger partial charge on any atom is 0.257 e. The van der Waals surface area contributed by atoms with Crippen molar-refractivity contribution in [3.8, 4) is 11.5 Å². The first kappa shape index (κ1) is 27.9. The zero-order valence-corrected chi connectivity index (χ0v) is 23.3. The molecule has 2 N–H and O–H groups in total. The molecule has 0 saturated carbocycles. The molecular weight excluding hydrogens is 494 g/mol. The Bertz CT molecular complexity index is 1130. The summed E-state index contributed by atoms with van der Waals surface area (Å²) in [5.41, 5.74) is 3.12. The smallest absolute Gasteiger partial charge is 0.257 e. The fraction of sp³-hybridized carbons (Fsp3) is 0.581. The van der Waals surface area contributed by atoms with Gasteiger partial charge in [-0.15, -0.1) is 0 Å². The molecule has 1 saturated heterocycles. The first-order chi connectivity index (χ1) is 18.8. The van der Waals surface area contributed by atoms with Gasteiger partial charge in [0.2, 0.25) is 0 Å². The van der Waals surface area contributed by atoms with Crippen molar-refractivity contribution in [3.63, 3.8) is 0 Å². The Morgan fingerprint density at radius 2 is 1.79 bits per heavy atom. The van der Waals surface area contributed by atoms with Gasteiger partial charge in [-0.05, 0) is 42.5 Å². The van der Waals surface area contributed by atoms with Crippen LogP contribution in [-0.2, 0) is 13.0 Å². The second-order valence-electron chi connectivity index (χ2n) is 12.1. The van der Waals surface area contributed by atoms with Crippen molar-refractivity contribution in [2.24, 2.45) is 5.41 Å². The van der Waals surface area contributed by atoms with Crippen LogP contribution in [0.4, 0.5) is 0 Å². The van der Waals surface area contributed by atoms with Crippen LogP contribution >= 0.6 is 0 Å². The van der Waals surface area contributed by atoms with Crippen LogP contribution in [0.15, 0.2) is 42.5 Å². The predicted octanol–water partition coefficient (Wildman–Crippen LogP) is 2.80. The Morgan fingerprint density at radius 3 is 2.56 bits per heavy atom. The molecule has 0 aliphatic carbocycles. The van der Waals surface area contributed by atoms with Crippen molar-refractivity contribution in [1.82, 2.24) is 14.7 Å². The summed E-state index contributed by atoms with van der Waals surface area (Å²) in [6.07, 6.45) is 2.32. The summed E-state index contributed by atoms with van der Waals surface area (Å²) in [5, 5.41) is 20.4. The predicted molar refractivity (Wildman–Crippen MR) is 150 cm³/mol. The number of hydrogen-bond acceptors (Lipinski definition) is 7. The minimum Gasteiger partial charge on any atom is -0.491 e. The van der Waals surface area contributed by atoms with E-state index in [0.717, 1.165) is 57.7 Å².